The highest BCUT2D eigenvalue weighted by atomic mass is 16.2. The van der Waals surface area contributed by atoms with Gasteiger partial charge in [-0.3, -0.25) is 9.59 Å². The number of aryl methyl sites for hydroxylation is 2. The maximum absolute atomic E-state index is 12.4. The van der Waals surface area contributed by atoms with Gasteiger partial charge in [0.25, 0.3) is 5.91 Å². The van der Waals surface area contributed by atoms with E-state index < -0.39 is 0 Å². The van der Waals surface area contributed by atoms with Gasteiger partial charge >= 0.3 is 0 Å². The summed E-state index contributed by atoms with van der Waals surface area (Å²) in [5.74, 6) is -0.534. The minimum atomic E-state index is -0.282. The summed E-state index contributed by atoms with van der Waals surface area (Å²) in [6, 6.07) is 16.9. The fraction of sp³-hybridized carbons (Fsp3) is 0.143. The van der Waals surface area contributed by atoms with E-state index in [4.69, 9.17) is 0 Å². The van der Waals surface area contributed by atoms with Gasteiger partial charge in [0, 0.05) is 29.3 Å². The van der Waals surface area contributed by atoms with Crippen molar-refractivity contribution in [3.05, 3.63) is 83.7 Å². The number of carbonyl (C=O) groups is 2. The summed E-state index contributed by atoms with van der Waals surface area (Å²) in [6.45, 7) is 3.79. The molecule has 132 valence electrons. The number of para-hydroxylation sites is 1. The third kappa shape index (κ3) is 4.00. The third-order valence-corrected chi connectivity index (χ3v) is 4.17. The maximum atomic E-state index is 12.4. The molecule has 0 aliphatic carbocycles. The van der Waals surface area contributed by atoms with Crippen molar-refractivity contribution in [2.24, 2.45) is 0 Å². The fourth-order valence-corrected chi connectivity index (χ4v) is 2.77. The molecule has 5 heteroatoms. The average Bonchev–Trinajstić information content (AvgIpc) is 3.18. The van der Waals surface area contributed by atoms with E-state index in [0.29, 0.717) is 5.56 Å². The lowest BCUT2D eigenvalue weighted by Gasteiger charge is -2.12. The molecule has 0 spiro atoms. The number of aromatic nitrogens is 1. The number of carbonyl (C=O) groups excluding carboxylic acids is 2. The Bertz CT molecular complexity index is 910. The summed E-state index contributed by atoms with van der Waals surface area (Å²) in [5.41, 5.74) is 4.17. The first-order valence-corrected chi connectivity index (χ1v) is 8.42. The van der Waals surface area contributed by atoms with E-state index in [1.807, 2.05) is 73.3 Å². The number of nitrogens with one attached hydrogen (secondary N) is 2. The van der Waals surface area contributed by atoms with Gasteiger partial charge < -0.3 is 15.2 Å². The van der Waals surface area contributed by atoms with E-state index in [1.165, 1.54) is 0 Å². The van der Waals surface area contributed by atoms with Crippen molar-refractivity contribution in [3.63, 3.8) is 0 Å². The summed E-state index contributed by atoms with van der Waals surface area (Å²) >= 11 is 0. The first-order chi connectivity index (χ1) is 12.5. The summed E-state index contributed by atoms with van der Waals surface area (Å²) in [7, 11) is 0. The Balaban J connectivity index is 1.62. The molecule has 0 fully saturated rings. The Kier molecular flexibility index (Phi) is 5.17. The molecule has 1 aromatic heterocycles. The molecule has 3 aromatic rings. The van der Waals surface area contributed by atoms with Crippen LogP contribution in [-0.4, -0.2) is 22.9 Å². The average molecular weight is 347 g/mol. The molecule has 0 saturated heterocycles. The molecule has 0 bridgehead atoms. The van der Waals surface area contributed by atoms with Crippen LogP contribution in [-0.2, 0) is 4.79 Å². The normalized spacial score (nSPS) is 10.4. The minimum absolute atomic E-state index is 0.0830. The fourth-order valence-electron chi connectivity index (χ4n) is 2.77. The van der Waals surface area contributed by atoms with Crippen LogP contribution in [0.15, 0.2) is 67.0 Å². The van der Waals surface area contributed by atoms with Crippen LogP contribution in [0.25, 0.3) is 5.69 Å². The molecule has 2 N–H and O–H groups in total. The Morgan fingerprint density at radius 2 is 1.58 bits per heavy atom. The molecule has 26 heavy (non-hydrogen) atoms. The smallest absolute Gasteiger partial charge is 0.251 e. The van der Waals surface area contributed by atoms with Gasteiger partial charge in [-0.1, -0.05) is 24.3 Å². The number of amides is 2. The van der Waals surface area contributed by atoms with Crippen molar-refractivity contribution in [2.45, 2.75) is 13.8 Å². The molecule has 0 aliphatic heterocycles. The summed E-state index contributed by atoms with van der Waals surface area (Å²) < 4.78 is 1.92. The first kappa shape index (κ1) is 17.5. The molecule has 1 heterocycles. The Hall–Kier alpha value is -3.34. The second-order valence-electron chi connectivity index (χ2n) is 6.14. The Morgan fingerprint density at radius 3 is 2.27 bits per heavy atom. The van der Waals surface area contributed by atoms with Gasteiger partial charge in [0.1, 0.15) is 0 Å². The number of nitrogens with zero attached hydrogens (tertiary/aromatic N) is 1. The molecule has 2 aromatic carbocycles. The monoisotopic (exact) mass is 347 g/mol. The Morgan fingerprint density at radius 1 is 0.923 bits per heavy atom. The van der Waals surface area contributed by atoms with Gasteiger partial charge in [0.15, 0.2) is 0 Å². The molecule has 0 aliphatic rings. The van der Waals surface area contributed by atoms with Crippen LogP contribution in [0.1, 0.15) is 21.5 Å². The van der Waals surface area contributed by atoms with Gasteiger partial charge in [-0.15, -0.1) is 0 Å². The van der Waals surface area contributed by atoms with Gasteiger partial charge in [0.2, 0.25) is 5.91 Å². The molecular formula is C21H21N3O2. The number of anilines is 1. The molecular weight excluding hydrogens is 326 g/mol. The van der Waals surface area contributed by atoms with E-state index >= 15 is 0 Å². The van der Waals surface area contributed by atoms with E-state index in [0.717, 1.165) is 22.5 Å². The van der Waals surface area contributed by atoms with Crippen LogP contribution < -0.4 is 10.6 Å². The highest BCUT2D eigenvalue weighted by Gasteiger charge is 2.11. The second kappa shape index (κ2) is 7.70. The SMILES string of the molecule is Cc1cccc(C)c1NC(=O)CNC(=O)c1cccc(-n2cccc2)c1. The lowest BCUT2D eigenvalue weighted by atomic mass is 10.1. The Labute approximate surface area is 152 Å². The molecule has 0 atom stereocenters. The maximum Gasteiger partial charge on any atom is 0.251 e. The van der Waals surface area contributed by atoms with Crippen molar-refractivity contribution in [2.75, 3.05) is 11.9 Å². The predicted octanol–water partition coefficient (Wildman–Crippen LogP) is 3.46. The molecule has 0 unspecified atom stereocenters. The van der Waals surface area contributed by atoms with Crippen molar-refractivity contribution < 1.29 is 9.59 Å². The summed E-state index contributed by atoms with van der Waals surface area (Å²) in [4.78, 5) is 24.5. The van der Waals surface area contributed by atoms with E-state index in [9.17, 15) is 9.59 Å². The summed E-state index contributed by atoms with van der Waals surface area (Å²) in [5, 5.41) is 5.53. The van der Waals surface area contributed by atoms with Crippen molar-refractivity contribution in [1.29, 1.82) is 0 Å². The van der Waals surface area contributed by atoms with E-state index in [2.05, 4.69) is 10.6 Å². The molecule has 2 amide bonds. The number of hydrogen-bond donors (Lipinski definition) is 2. The van der Waals surface area contributed by atoms with Gasteiger partial charge in [0.05, 0.1) is 6.54 Å². The number of benzene rings is 2. The van der Waals surface area contributed by atoms with Crippen LogP contribution in [0, 0.1) is 13.8 Å². The highest BCUT2D eigenvalue weighted by Crippen LogP contribution is 2.19. The predicted molar refractivity (Wildman–Crippen MR) is 103 cm³/mol. The third-order valence-electron chi connectivity index (χ3n) is 4.17. The quantitative estimate of drug-likeness (QED) is 0.742. The highest BCUT2D eigenvalue weighted by molar-refractivity contribution is 6.00. The summed E-state index contributed by atoms with van der Waals surface area (Å²) in [6.07, 6.45) is 3.82. The first-order valence-electron chi connectivity index (χ1n) is 8.42. The van der Waals surface area contributed by atoms with Gasteiger partial charge in [-0.2, -0.15) is 0 Å². The van der Waals surface area contributed by atoms with Crippen LogP contribution in [0.3, 0.4) is 0 Å². The molecule has 5 nitrogen and oxygen atoms in total. The van der Waals surface area contributed by atoms with Crippen molar-refractivity contribution >= 4 is 17.5 Å². The van der Waals surface area contributed by atoms with Crippen LogP contribution in [0.5, 0.6) is 0 Å². The number of rotatable bonds is 5. The molecule has 0 saturated carbocycles. The largest absolute Gasteiger partial charge is 0.343 e. The molecule has 3 rings (SSSR count). The topological polar surface area (TPSA) is 63.1 Å². The zero-order valence-electron chi connectivity index (χ0n) is 14.8. The lowest BCUT2D eigenvalue weighted by Crippen LogP contribution is -2.33. The zero-order chi connectivity index (χ0) is 18.5. The standard InChI is InChI=1S/C21H21N3O2/c1-15-7-5-8-16(2)20(15)23-19(25)14-22-21(26)17-9-6-10-18(13-17)24-11-3-4-12-24/h3-13H,14H2,1-2H3,(H,22,26)(H,23,25). The lowest BCUT2D eigenvalue weighted by molar-refractivity contribution is -0.115. The van der Waals surface area contributed by atoms with Crippen LogP contribution in [0.2, 0.25) is 0 Å². The van der Waals surface area contributed by atoms with Crippen LogP contribution >= 0.6 is 0 Å². The second-order valence-corrected chi connectivity index (χ2v) is 6.14. The van der Waals surface area contributed by atoms with Crippen LogP contribution in [0.4, 0.5) is 5.69 Å². The van der Waals surface area contributed by atoms with E-state index in [-0.39, 0.29) is 18.4 Å². The van der Waals surface area contributed by atoms with E-state index in [1.54, 1.807) is 12.1 Å². The number of hydrogen-bond acceptors (Lipinski definition) is 2. The zero-order valence-corrected chi connectivity index (χ0v) is 14.8. The van der Waals surface area contributed by atoms with Crippen molar-refractivity contribution in [1.82, 2.24) is 9.88 Å². The minimum Gasteiger partial charge on any atom is -0.343 e. The van der Waals surface area contributed by atoms with Crippen molar-refractivity contribution in [3.8, 4) is 5.69 Å². The van der Waals surface area contributed by atoms with Gasteiger partial charge in [-0.05, 0) is 55.3 Å². The molecule has 0 radical (unpaired) electrons. The van der Waals surface area contributed by atoms with Gasteiger partial charge in [-0.25, -0.2) is 0 Å².